The van der Waals surface area contributed by atoms with Crippen molar-refractivity contribution in [3.8, 4) is 5.75 Å². The van der Waals surface area contributed by atoms with E-state index in [1.54, 1.807) is 36.4 Å². The Morgan fingerprint density at radius 2 is 1.71 bits per heavy atom. The van der Waals surface area contributed by atoms with Gasteiger partial charge in [-0.1, -0.05) is 53.2 Å². The summed E-state index contributed by atoms with van der Waals surface area (Å²) in [5, 5.41) is 24.0. The van der Waals surface area contributed by atoms with Gasteiger partial charge in [0.15, 0.2) is 6.10 Å². The van der Waals surface area contributed by atoms with E-state index in [4.69, 9.17) is 4.74 Å². The van der Waals surface area contributed by atoms with Crippen LogP contribution in [0.15, 0.2) is 29.6 Å². The van der Waals surface area contributed by atoms with Crippen molar-refractivity contribution in [2.45, 2.75) is 91.8 Å². The first-order valence-electron chi connectivity index (χ1n) is 14.4. The number of amides is 2. The van der Waals surface area contributed by atoms with E-state index in [2.05, 4.69) is 10.3 Å². The molecule has 232 valence electrons. The number of carbonyl (C=O) groups is 4. The smallest absolute Gasteiger partial charge is 0.306 e. The highest BCUT2D eigenvalue weighted by Gasteiger charge is 2.31. The molecule has 3 N–H and O–H groups in total. The topological polar surface area (TPSA) is 146 Å². The fourth-order valence-corrected chi connectivity index (χ4v) is 5.54. The van der Waals surface area contributed by atoms with E-state index in [0.29, 0.717) is 24.3 Å². The fraction of sp³-hybridized carbons (Fsp3) is 0.581. The van der Waals surface area contributed by atoms with Crippen molar-refractivity contribution < 1.29 is 34.1 Å². The van der Waals surface area contributed by atoms with E-state index in [1.165, 1.54) is 30.4 Å². The molecule has 42 heavy (non-hydrogen) atoms. The van der Waals surface area contributed by atoms with Crippen LogP contribution in [0.25, 0.3) is 0 Å². The number of ether oxygens (including phenoxy) is 1. The lowest BCUT2D eigenvalue weighted by atomic mass is 9.95. The van der Waals surface area contributed by atoms with Gasteiger partial charge >= 0.3 is 11.9 Å². The first kappa shape index (κ1) is 34.7. The predicted octanol–water partition coefficient (Wildman–Crippen LogP) is 5.21. The van der Waals surface area contributed by atoms with E-state index < -0.39 is 35.9 Å². The second-order valence-corrected chi connectivity index (χ2v) is 12.3. The van der Waals surface area contributed by atoms with Crippen molar-refractivity contribution in [3.63, 3.8) is 0 Å². The quantitative estimate of drug-likeness (QED) is 0.222. The second kappa shape index (κ2) is 16.2. The number of phenols is 1. The van der Waals surface area contributed by atoms with Gasteiger partial charge in [0.25, 0.3) is 5.91 Å². The largest absolute Gasteiger partial charge is 0.508 e. The molecule has 1 heterocycles. The highest BCUT2D eigenvalue weighted by molar-refractivity contribution is 7.09. The van der Waals surface area contributed by atoms with Crippen LogP contribution in [0.4, 0.5) is 0 Å². The summed E-state index contributed by atoms with van der Waals surface area (Å²) in [6, 6.07) is 5.80. The van der Waals surface area contributed by atoms with Crippen molar-refractivity contribution in [1.29, 1.82) is 0 Å². The van der Waals surface area contributed by atoms with Gasteiger partial charge in [-0.2, -0.15) is 0 Å². The Kier molecular flexibility index (Phi) is 13.4. The molecule has 0 aliphatic rings. The Morgan fingerprint density at radius 3 is 2.26 bits per heavy atom. The highest BCUT2D eigenvalue weighted by Crippen LogP contribution is 2.31. The third kappa shape index (κ3) is 10.7. The first-order chi connectivity index (χ1) is 19.7. The number of nitrogens with zero attached hydrogens (tertiary/aromatic N) is 2. The minimum atomic E-state index is -0.965. The van der Waals surface area contributed by atoms with Gasteiger partial charge < -0.3 is 25.2 Å². The number of benzene rings is 1. The lowest BCUT2D eigenvalue weighted by molar-refractivity contribution is -0.148. The van der Waals surface area contributed by atoms with Crippen LogP contribution in [-0.4, -0.2) is 63.0 Å². The van der Waals surface area contributed by atoms with Crippen molar-refractivity contribution in [3.05, 3.63) is 45.9 Å². The maximum absolute atomic E-state index is 13.3. The summed E-state index contributed by atoms with van der Waals surface area (Å²) in [6.45, 7) is 11.0. The number of hydrogen-bond donors (Lipinski definition) is 3. The van der Waals surface area contributed by atoms with Gasteiger partial charge in [-0.05, 0) is 42.4 Å². The molecule has 2 rings (SSSR count). The van der Waals surface area contributed by atoms with Gasteiger partial charge in [0.1, 0.15) is 16.5 Å². The average molecular weight is 604 g/mol. The van der Waals surface area contributed by atoms with E-state index in [1.807, 2.05) is 27.7 Å². The highest BCUT2D eigenvalue weighted by atomic mass is 32.1. The van der Waals surface area contributed by atoms with Crippen LogP contribution in [0.2, 0.25) is 0 Å². The number of rotatable bonds is 16. The lowest BCUT2D eigenvalue weighted by Gasteiger charge is -2.34. The minimum Gasteiger partial charge on any atom is -0.508 e. The number of aliphatic carboxylic acids is 1. The molecule has 0 saturated heterocycles. The number of carboxylic acids is 1. The van der Waals surface area contributed by atoms with E-state index in [0.717, 1.165) is 12.0 Å². The summed E-state index contributed by atoms with van der Waals surface area (Å²) < 4.78 is 5.64. The Hall–Kier alpha value is -3.47. The van der Waals surface area contributed by atoms with E-state index >= 15 is 0 Å². The number of carbonyl (C=O) groups excluding carboxylic acids is 3. The molecule has 1 aromatic carbocycles. The molecule has 0 spiro atoms. The number of aromatic nitrogens is 1. The third-order valence-electron chi connectivity index (χ3n) is 7.49. The van der Waals surface area contributed by atoms with Crippen molar-refractivity contribution in [2.24, 2.45) is 17.8 Å². The van der Waals surface area contributed by atoms with Crippen LogP contribution >= 0.6 is 11.3 Å². The molecule has 11 heteroatoms. The molecule has 0 radical (unpaired) electrons. The maximum atomic E-state index is 13.3. The van der Waals surface area contributed by atoms with Crippen LogP contribution in [0.5, 0.6) is 5.75 Å². The van der Waals surface area contributed by atoms with Crippen LogP contribution < -0.4 is 5.32 Å². The average Bonchev–Trinajstić information content (AvgIpc) is 3.41. The molecular weight excluding hydrogens is 558 g/mol. The van der Waals surface area contributed by atoms with Gasteiger partial charge in [0, 0.05) is 44.3 Å². The summed E-state index contributed by atoms with van der Waals surface area (Å²) in [5.74, 6) is -2.15. The monoisotopic (exact) mass is 603 g/mol. The summed E-state index contributed by atoms with van der Waals surface area (Å²) in [6.07, 6.45) is 1.47. The standard InChI is InChI=1S/C31H45N3O7S/c1-8-19(4)13-28(37)34(7)26(18(2)3)16-27(41-21(6)35)30-33-25(17-42-30)29(38)32-23(14-20(5)31(39)40)15-22-9-11-24(36)12-10-22/h9-12,17-20,23,26-27,36H,8,13-16H2,1-7H3,(H,32,38)(H,39,40)/t19-,20+,23-,26?,27?/m1/s1. The molecule has 0 saturated carbocycles. The van der Waals surface area contributed by atoms with Gasteiger partial charge in [-0.15, -0.1) is 11.3 Å². The van der Waals surface area contributed by atoms with Gasteiger partial charge in [-0.25, -0.2) is 4.98 Å². The Balaban J connectivity index is 2.25. The molecule has 0 aliphatic heterocycles. The number of hydrogen-bond acceptors (Lipinski definition) is 8. The molecule has 1 aromatic heterocycles. The van der Waals surface area contributed by atoms with Crippen LogP contribution in [0.1, 0.15) is 94.4 Å². The maximum Gasteiger partial charge on any atom is 0.306 e. The number of nitrogens with one attached hydrogen (secondary N) is 1. The van der Waals surface area contributed by atoms with Crippen molar-refractivity contribution in [1.82, 2.24) is 15.2 Å². The molecule has 2 amide bonds. The van der Waals surface area contributed by atoms with Gasteiger partial charge in [-0.3, -0.25) is 19.2 Å². The molecule has 10 nitrogen and oxygen atoms in total. The molecule has 5 atom stereocenters. The summed E-state index contributed by atoms with van der Waals surface area (Å²) >= 11 is 1.19. The van der Waals surface area contributed by atoms with Gasteiger partial charge in [0.05, 0.1) is 5.92 Å². The molecule has 0 aliphatic carbocycles. The van der Waals surface area contributed by atoms with Crippen LogP contribution in [0, 0.1) is 17.8 Å². The first-order valence-corrected chi connectivity index (χ1v) is 15.3. The molecule has 0 bridgehead atoms. The Morgan fingerprint density at radius 1 is 1.07 bits per heavy atom. The van der Waals surface area contributed by atoms with Crippen molar-refractivity contribution in [2.75, 3.05) is 7.05 Å². The zero-order chi connectivity index (χ0) is 31.6. The summed E-state index contributed by atoms with van der Waals surface area (Å²) in [7, 11) is 1.77. The molecule has 2 aromatic rings. The number of carboxylic acid groups (broad SMARTS) is 1. The van der Waals surface area contributed by atoms with Gasteiger partial charge in [0.2, 0.25) is 5.91 Å². The molecule has 0 fully saturated rings. The Labute approximate surface area is 252 Å². The summed E-state index contributed by atoms with van der Waals surface area (Å²) in [4.78, 5) is 56.0. The van der Waals surface area contributed by atoms with E-state index in [9.17, 15) is 29.4 Å². The molecule has 2 unspecified atom stereocenters. The van der Waals surface area contributed by atoms with Crippen LogP contribution in [-0.2, 0) is 25.5 Å². The number of thiazole rings is 1. The third-order valence-corrected chi connectivity index (χ3v) is 8.42. The van der Waals surface area contributed by atoms with Crippen LogP contribution in [0.3, 0.4) is 0 Å². The number of aromatic hydroxyl groups is 1. The fourth-order valence-electron chi connectivity index (χ4n) is 4.70. The lowest BCUT2D eigenvalue weighted by Crippen LogP contribution is -2.42. The zero-order valence-corrected chi connectivity index (χ0v) is 26.4. The summed E-state index contributed by atoms with van der Waals surface area (Å²) in [5.41, 5.74) is 0.962. The predicted molar refractivity (Wildman–Crippen MR) is 161 cm³/mol. The SMILES string of the molecule is CC[C@@H](C)CC(=O)N(C)C(CC(OC(C)=O)c1nc(C(=O)N[C@@H](Cc2ccc(O)cc2)C[C@H](C)C(=O)O)cs1)C(C)C. The molecular formula is C31H45N3O7S. The normalized spacial score (nSPS) is 14.9. The van der Waals surface area contributed by atoms with Crippen molar-refractivity contribution >= 4 is 35.1 Å². The minimum absolute atomic E-state index is 0.0269. The Bertz CT molecular complexity index is 1200. The second-order valence-electron chi connectivity index (χ2n) is 11.5. The zero-order valence-electron chi connectivity index (χ0n) is 25.6. The number of phenolic OH excluding ortho intramolecular Hbond substituents is 1. The number of esters is 1. The van der Waals surface area contributed by atoms with E-state index in [-0.39, 0.29) is 41.6 Å².